The molecule has 2 amide bonds. The second-order valence-corrected chi connectivity index (χ2v) is 6.26. The van der Waals surface area contributed by atoms with E-state index >= 15 is 0 Å². The maximum absolute atomic E-state index is 12.4. The summed E-state index contributed by atoms with van der Waals surface area (Å²) in [6.07, 6.45) is -0.777. The minimum Gasteiger partial charge on any atom is -0.479 e. The van der Waals surface area contributed by atoms with E-state index in [1.165, 1.54) is 0 Å². The molecule has 0 bridgehead atoms. The van der Waals surface area contributed by atoms with Crippen molar-refractivity contribution in [1.29, 1.82) is 0 Å². The Hall–Kier alpha value is -2.53. The third-order valence-electron chi connectivity index (χ3n) is 3.36. The van der Waals surface area contributed by atoms with Crippen molar-refractivity contribution in [2.24, 2.45) is 0 Å². The van der Waals surface area contributed by atoms with E-state index in [4.69, 9.17) is 16.3 Å². The van der Waals surface area contributed by atoms with Gasteiger partial charge in [0.05, 0.1) is 16.3 Å². The summed E-state index contributed by atoms with van der Waals surface area (Å²) >= 11 is 6.04. The van der Waals surface area contributed by atoms with Gasteiger partial charge in [-0.2, -0.15) is 0 Å². The van der Waals surface area contributed by atoms with Gasteiger partial charge in [0, 0.05) is 6.04 Å². The van der Waals surface area contributed by atoms with Gasteiger partial charge in [-0.3, -0.25) is 9.59 Å². The number of ether oxygens (including phenoxy) is 1. The molecule has 1 atom stereocenters. The molecule has 0 fully saturated rings. The van der Waals surface area contributed by atoms with Gasteiger partial charge in [-0.05, 0) is 45.0 Å². The summed E-state index contributed by atoms with van der Waals surface area (Å²) < 4.78 is 5.60. The number of para-hydroxylation sites is 2. The van der Waals surface area contributed by atoms with E-state index in [1.807, 2.05) is 13.8 Å². The fraction of sp³-hybridized carbons (Fsp3) is 0.263. The smallest absolute Gasteiger partial charge is 0.265 e. The van der Waals surface area contributed by atoms with Crippen LogP contribution in [0.1, 0.15) is 31.1 Å². The van der Waals surface area contributed by atoms with E-state index in [0.29, 0.717) is 22.0 Å². The van der Waals surface area contributed by atoms with Crippen molar-refractivity contribution < 1.29 is 14.3 Å². The van der Waals surface area contributed by atoms with Crippen LogP contribution in [0.2, 0.25) is 5.02 Å². The Bertz CT molecular complexity index is 762. The number of carbonyl (C=O) groups is 2. The van der Waals surface area contributed by atoms with E-state index in [0.717, 1.165) is 0 Å². The Morgan fingerprint density at radius 2 is 1.64 bits per heavy atom. The van der Waals surface area contributed by atoms with Gasteiger partial charge in [0.15, 0.2) is 6.10 Å². The maximum atomic E-state index is 12.4. The fourth-order valence-corrected chi connectivity index (χ4v) is 2.33. The van der Waals surface area contributed by atoms with Crippen LogP contribution in [-0.2, 0) is 4.79 Å². The van der Waals surface area contributed by atoms with Gasteiger partial charge in [-0.1, -0.05) is 35.9 Å². The summed E-state index contributed by atoms with van der Waals surface area (Å²) in [4.78, 5) is 24.7. The average molecular weight is 361 g/mol. The van der Waals surface area contributed by atoms with Gasteiger partial charge in [-0.15, -0.1) is 0 Å². The second-order valence-electron chi connectivity index (χ2n) is 5.85. The van der Waals surface area contributed by atoms with Gasteiger partial charge in [0.25, 0.3) is 11.8 Å². The number of halogens is 1. The summed E-state index contributed by atoms with van der Waals surface area (Å²) in [5.74, 6) is -0.187. The third kappa shape index (κ3) is 5.22. The van der Waals surface area contributed by atoms with Crippen molar-refractivity contribution in [2.45, 2.75) is 32.9 Å². The summed E-state index contributed by atoms with van der Waals surface area (Å²) in [5, 5.41) is 5.98. The lowest BCUT2D eigenvalue weighted by atomic mass is 10.1. The monoisotopic (exact) mass is 360 g/mol. The zero-order chi connectivity index (χ0) is 18.4. The van der Waals surface area contributed by atoms with Gasteiger partial charge in [-0.25, -0.2) is 0 Å². The molecule has 0 heterocycles. The highest BCUT2D eigenvalue weighted by molar-refractivity contribution is 6.32. The molecule has 0 aliphatic carbocycles. The van der Waals surface area contributed by atoms with E-state index in [-0.39, 0.29) is 17.9 Å². The van der Waals surface area contributed by atoms with Crippen LogP contribution in [0.5, 0.6) is 5.75 Å². The molecule has 0 aliphatic rings. The summed E-state index contributed by atoms with van der Waals surface area (Å²) in [6, 6.07) is 13.8. The maximum Gasteiger partial charge on any atom is 0.265 e. The van der Waals surface area contributed by atoms with E-state index < -0.39 is 6.10 Å². The van der Waals surface area contributed by atoms with Crippen molar-refractivity contribution in [1.82, 2.24) is 5.32 Å². The van der Waals surface area contributed by atoms with Crippen LogP contribution in [0.4, 0.5) is 5.69 Å². The van der Waals surface area contributed by atoms with Crippen molar-refractivity contribution >= 4 is 29.1 Å². The Labute approximate surface area is 152 Å². The van der Waals surface area contributed by atoms with Gasteiger partial charge in [0.1, 0.15) is 5.75 Å². The predicted octanol–water partition coefficient (Wildman–Crippen LogP) is 3.88. The first-order valence-electron chi connectivity index (χ1n) is 8.00. The molecule has 0 aromatic heterocycles. The molecule has 25 heavy (non-hydrogen) atoms. The molecule has 0 saturated heterocycles. The van der Waals surface area contributed by atoms with Crippen molar-refractivity contribution in [2.75, 3.05) is 5.32 Å². The standard InChI is InChI=1S/C19H21ClN2O3/c1-12(2)21-19(24)14-8-4-6-10-16(14)22-18(23)13(3)25-17-11-7-5-9-15(17)20/h4-13H,1-3H3,(H,21,24)(H,22,23)/t13-/m1/s1. The number of anilines is 1. The van der Waals surface area contributed by atoms with Gasteiger partial charge >= 0.3 is 0 Å². The normalized spacial score (nSPS) is 11.7. The van der Waals surface area contributed by atoms with Crippen LogP contribution < -0.4 is 15.4 Å². The average Bonchev–Trinajstić information content (AvgIpc) is 2.56. The lowest BCUT2D eigenvalue weighted by Crippen LogP contribution is -2.33. The number of rotatable bonds is 6. The van der Waals surface area contributed by atoms with Crippen LogP contribution in [0, 0.1) is 0 Å². The summed E-state index contributed by atoms with van der Waals surface area (Å²) in [5.41, 5.74) is 0.828. The Balaban J connectivity index is 2.10. The third-order valence-corrected chi connectivity index (χ3v) is 3.67. The van der Waals surface area contributed by atoms with Crippen molar-refractivity contribution in [3.63, 3.8) is 0 Å². The molecule has 2 aromatic rings. The number of carbonyl (C=O) groups excluding carboxylic acids is 2. The first-order valence-corrected chi connectivity index (χ1v) is 8.38. The number of hydrogen-bond acceptors (Lipinski definition) is 3. The zero-order valence-corrected chi connectivity index (χ0v) is 15.1. The molecule has 132 valence electrons. The summed E-state index contributed by atoms with van der Waals surface area (Å²) in [7, 11) is 0. The predicted molar refractivity (Wildman–Crippen MR) is 99.2 cm³/mol. The highest BCUT2D eigenvalue weighted by Crippen LogP contribution is 2.24. The molecule has 5 nitrogen and oxygen atoms in total. The number of nitrogens with one attached hydrogen (secondary N) is 2. The van der Waals surface area contributed by atoms with E-state index in [1.54, 1.807) is 55.5 Å². The molecule has 2 rings (SSSR count). The molecule has 0 aliphatic heterocycles. The molecule has 2 aromatic carbocycles. The first kappa shape index (κ1) is 18.8. The minimum atomic E-state index is -0.777. The van der Waals surface area contributed by atoms with Gasteiger partial charge < -0.3 is 15.4 Å². The largest absolute Gasteiger partial charge is 0.479 e. The second kappa shape index (κ2) is 8.53. The Morgan fingerprint density at radius 1 is 1.00 bits per heavy atom. The van der Waals surface area contributed by atoms with Crippen LogP contribution in [0.15, 0.2) is 48.5 Å². The quantitative estimate of drug-likeness (QED) is 0.821. The van der Waals surface area contributed by atoms with E-state index in [2.05, 4.69) is 10.6 Å². The van der Waals surface area contributed by atoms with Crippen LogP contribution in [-0.4, -0.2) is 24.0 Å². The molecular weight excluding hydrogens is 340 g/mol. The molecule has 6 heteroatoms. The first-order chi connectivity index (χ1) is 11.9. The molecule has 2 N–H and O–H groups in total. The lowest BCUT2D eigenvalue weighted by Gasteiger charge is -2.17. The van der Waals surface area contributed by atoms with Gasteiger partial charge in [0.2, 0.25) is 0 Å². The molecule has 0 spiro atoms. The lowest BCUT2D eigenvalue weighted by molar-refractivity contribution is -0.122. The van der Waals surface area contributed by atoms with E-state index in [9.17, 15) is 9.59 Å². The van der Waals surface area contributed by atoms with Crippen LogP contribution >= 0.6 is 11.6 Å². The summed E-state index contributed by atoms with van der Waals surface area (Å²) in [6.45, 7) is 5.37. The topological polar surface area (TPSA) is 67.4 Å². The SMILES string of the molecule is CC(C)NC(=O)c1ccccc1NC(=O)[C@@H](C)Oc1ccccc1Cl. The van der Waals surface area contributed by atoms with Crippen molar-refractivity contribution in [3.8, 4) is 5.75 Å². The molecule has 0 unspecified atom stereocenters. The molecule has 0 radical (unpaired) electrons. The Kier molecular flexibility index (Phi) is 6.42. The number of amides is 2. The zero-order valence-electron chi connectivity index (χ0n) is 14.4. The van der Waals surface area contributed by atoms with Crippen molar-refractivity contribution in [3.05, 3.63) is 59.1 Å². The minimum absolute atomic E-state index is 0.00117. The Morgan fingerprint density at radius 3 is 2.32 bits per heavy atom. The van der Waals surface area contributed by atoms with Crippen LogP contribution in [0.3, 0.4) is 0 Å². The number of hydrogen-bond donors (Lipinski definition) is 2. The van der Waals surface area contributed by atoms with Crippen LogP contribution in [0.25, 0.3) is 0 Å². The highest BCUT2D eigenvalue weighted by Gasteiger charge is 2.19. The number of benzene rings is 2. The molecule has 0 saturated carbocycles. The highest BCUT2D eigenvalue weighted by atomic mass is 35.5. The fourth-order valence-electron chi connectivity index (χ4n) is 2.15. The molecular formula is C19H21ClN2O3.